The number of Topliss-reactive ketones (excluding diaryl/α,β-unsaturated/α-hetero) is 1. The lowest BCUT2D eigenvalue weighted by molar-refractivity contribution is -0.135. The second-order valence-electron chi connectivity index (χ2n) is 8.09. The Morgan fingerprint density at radius 3 is 2.79 bits per heavy atom. The molecule has 0 saturated heterocycles. The van der Waals surface area contributed by atoms with Crippen molar-refractivity contribution < 1.29 is 23.8 Å². The molecule has 0 unspecified atom stereocenters. The fourth-order valence-corrected chi connectivity index (χ4v) is 4.09. The summed E-state index contributed by atoms with van der Waals surface area (Å²) in [4.78, 5) is 29.6. The predicted octanol–water partition coefficient (Wildman–Crippen LogP) is 5.09. The number of aromatic nitrogens is 1. The van der Waals surface area contributed by atoms with E-state index in [1.807, 2.05) is 37.3 Å². The molecule has 2 aliphatic heterocycles. The summed E-state index contributed by atoms with van der Waals surface area (Å²) in [5.41, 5.74) is 3.57. The van der Waals surface area contributed by atoms with E-state index >= 15 is 0 Å². The lowest BCUT2D eigenvalue weighted by Crippen LogP contribution is -2.22. The van der Waals surface area contributed by atoms with E-state index in [9.17, 15) is 9.59 Å². The van der Waals surface area contributed by atoms with E-state index in [1.54, 1.807) is 36.7 Å². The zero-order chi connectivity index (χ0) is 22.9. The maximum Gasteiger partial charge on any atom is 0.312 e. The third-order valence-corrected chi connectivity index (χ3v) is 5.53. The Morgan fingerprint density at radius 1 is 1.15 bits per heavy atom. The number of para-hydroxylation sites is 1. The lowest BCUT2D eigenvalue weighted by Gasteiger charge is -2.27. The van der Waals surface area contributed by atoms with Crippen LogP contribution in [0.1, 0.15) is 46.3 Å². The summed E-state index contributed by atoms with van der Waals surface area (Å²) in [5, 5.41) is 0. The van der Waals surface area contributed by atoms with Gasteiger partial charge in [-0.3, -0.25) is 14.6 Å². The van der Waals surface area contributed by atoms with Crippen LogP contribution < -0.4 is 14.2 Å². The van der Waals surface area contributed by atoms with Gasteiger partial charge in [0.1, 0.15) is 23.9 Å². The molecular formula is C27H21NO5. The summed E-state index contributed by atoms with van der Waals surface area (Å²) < 4.78 is 17.6. The molecule has 2 aliphatic rings. The first-order chi connectivity index (χ1) is 16.0. The third-order valence-electron chi connectivity index (χ3n) is 5.53. The molecule has 2 aromatic carbocycles. The van der Waals surface area contributed by atoms with Crippen molar-refractivity contribution in [2.45, 2.75) is 19.3 Å². The van der Waals surface area contributed by atoms with Crippen molar-refractivity contribution in [3.8, 4) is 17.2 Å². The van der Waals surface area contributed by atoms with Gasteiger partial charge in [0.2, 0.25) is 5.78 Å². The predicted molar refractivity (Wildman–Crippen MR) is 122 cm³/mol. The van der Waals surface area contributed by atoms with E-state index in [1.165, 1.54) is 0 Å². The second-order valence-corrected chi connectivity index (χ2v) is 8.09. The zero-order valence-corrected chi connectivity index (χ0v) is 18.0. The Bertz CT molecular complexity index is 1310. The van der Waals surface area contributed by atoms with Crippen LogP contribution in [-0.2, 0) is 4.79 Å². The Morgan fingerprint density at radius 2 is 2.00 bits per heavy atom. The topological polar surface area (TPSA) is 74.7 Å². The molecule has 0 saturated carbocycles. The van der Waals surface area contributed by atoms with Gasteiger partial charge in [0.25, 0.3) is 0 Å². The maximum atomic E-state index is 13.1. The SMILES string of the molecule is C=C(C)COc1ccccc1[C@@H]1CC(=O)Oc2ccc3c(c21)O/C(=C\c1cccnc1)C3=O. The molecule has 0 amide bonds. The normalized spacial score (nSPS) is 17.7. The van der Waals surface area contributed by atoms with E-state index in [2.05, 4.69) is 11.6 Å². The van der Waals surface area contributed by atoms with Crippen molar-refractivity contribution in [3.05, 3.63) is 101 Å². The summed E-state index contributed by atoms with van der Waals surface area (Å²) in [6, 6.07) is 14.5. The summed E-state index contributed by atoms with van der Waals surface area (Å²) >= 11 is 0. The van der Waals surface area contributed by atoms with Crippen LogP contribution in [0.15, 0.2) is 78.8 Å². The van der Waals surface area contributed by atoms with Crippen molar-refractivity contribution in [2.24, 2.45) is 0 Å². The van der Waals surface area contributed by atoms with E-state index in [-0.39, 0.29) is 29.9 Å². The molecule has 5 rings (SSSR count). The largest absolute Gasteiger partial charge is 0.489 e. The van der Waals surface area contributed by atoms with Crippen LogP contribution in [0.5, 0.6) is 17.2 Å². The van der Waals surface area contributed by atoms with Crippen LogP contribution in [-0.4, -0.2) is 23.3 Å². The van der Waals surface area contributed by atoms with Gasteiger partial charge in [0.05, 0.1) is 12.0 Å². The van der Waals surface area contributed by atoms with Gasteiger partial charge in [0.15, 0.2) is 5.76 Å². The molecule has 0 radical (unpaired) electrons. The Hall–Kier alpha value is -4.19. The highest BCUT2D eigenvalue weighted by Gasteiger charge is 2.39. The minimum atomic E-state index is -0.386. The van der Waals surface area contributed by atoms with Crippen molar-refractivity contribution >= 4 is 17.8 Å². The quantitative estimate of drug-likeness (QED) is 0.239. The minimum absolute atomic E-state index is 0.107. The second kappa shape index (κ2) is 8.39. The fourth-order valence-electron chi connectivity index (χ4n) is 4.09. The van der Waals surface area contributed by atoms with E-state index in [4.69, 9.17) is 14.2 Å². The highest BCUT2D eigenvalue weighted by Crippen LogP contribution is 2.50. The molecule has 0 fully saturated rings. The Balaban J connectivity index is 1.60. The van der Waals surface area contributed by atoms with E-state index < -0.39 is 0 Å². The number of ether oxygens (including phenoxy) is 3. The molecule has 1 aromatic heterocycles. The third kappa shape index (κ3) is 3.91. The number of allylic oxidation sites excluding steroid dienone is 1. The van der Waals surface area contributed by atoms with Gasteiger partial charge in [-0.2, -0.15) is 0 Å². The number of nitrogens with zero attached hydrogens (tertiary/aromatic N) is 1. The molecular weight excluding hydrogens is 418 g/mol. The van der Waals surface area contributed by atoms with Crippen molar-refractivity contribution in [2.75, 3.05) is 6.61 Å². The summed E-state index contributed by atoms with van der Waals surface area (Å²) in [7, 11) is 0. The van der Waals surface area contributed by atoms with Crippen LogP contribution in [0.3, 0.4) is 0 Å². The number of carbonyl (C=O) groups excluding carboxylic acids is 2. The summed E-state index contributed by atoms with van der Waals surface area (Å²) in [6.07, 6.45) is 5.09. The molecule has 0 spiro atoms. The van der Waals surface area contributed by atoms with E-state index in [0.29, 0.717) is 35.0 Å². The van der Waals surface area contributed by atoms with Gasteiger partial charge in [-0.15, -0.1) is 0 Å². The van der Waals surface area contributed by atoms with E-state index in [0.717, 1.165) is 16.7 Å². The average molecular weight is 439 g/mol. The molecule has 0 bridgehead atoms. The van der Waals surface area contributed by atoms with Crippen LogP contribution >= 0.6 is 0 Å². The molecule has 1 atom stereocenters. The van der Waals surface area contributed by atoms with Crippen LogP contribution in [0, 0.1) is 0 Å². The molecule has 6 nitrogen and oxygen atoms in total. The van der Waals surface area contributed by atoms with Crippen molar-refractivity contribution in [1.29, 1.82) is 0 Å². The molecule has 3 aromatic rings. The first kappa shape index (κ1) is 20.7. The van der Waals surface area contributed by atoms with Gasteiger partial charge in [-0.05, 0) is 48.4 Å². The van der Waals surface area contributed by atoms with Crippen LogP contribution in [0.2, 0.25) is 0 Å². The number of benzene rings is 2. The molecule has 0 aliphatic carbocycles. The Kier molecular flexibility index (Phi) is 5.26. The van der Waals surface area contributed by atoms with Gasteiger partial charge < -0.3 is 14.2 Å². The molecule has 164 valence electrons. The zero-order valence-electron chi connectivity index (χ0n) is 18.0. The first-order valence-electron chi connectivity index (χ1n) is 10.6. The standard InChI is InChI=1S/C27H21NO5/c1-16(2)15-31-21-8-4-3-7-18(21)20-13-24(29)32-22-10-9-19-26(30)23(33-27(19)25(20)22)12-17-6-5-11-28-14-17/h3-12,14,20H,1,13,15H2,2H3/b23-12-/t20-/m0/s1. The average Bonchev–Trinajstić information content (AvgIpc) is 3.13. The maximum absolute atomic E-state index is 13.1. The lowest BCUT2D eigenvalue weighted by atomic mass is 9.84. The van der Waals surface area contributed by atoms with Gasteiger partial charge in [0, 0.05) is 29.4 Å². The number of rotatable bonds is 5. The van der Waals surface area contributed by atoms with Gasteiger partial charge >= 0.3 is 5.97 Å². The molecule has 33 heavy (non-hydrogen) atoms. The molecule has 0 N–H and O–H groups in total. The highest BCUT2D eigenvalue weighted by molar-refractivity contribution is 6.15. The number of pyridine rings is 1. The number of hydrogen-bond acceptors (Lipinski definition) is 6. The summed E-state index contributed by atoms with van der Waals surface area (Å²) in [5.74, 6) is 0.702. The Labute approximate surface area is 191 Å². The fraction of sp³-hybridized carbons (Fsp3) is 0.148. The molecule has 3 heterocycles. The number of fused-ring (bicyclic) bond motifs is 3. The van der Waals surface area contributed by atoms with Crippen LogP contribution in [0.25, 0.3) is 6.08 Å². The summed E-state index contributed by atoms with van der Waals surface area (Å²) in [6.45, 7) is 6.14. The molecule has 6 heteroatoms. The number of esters is 1. The minimum Gasteiger partial charge on any atom is -0.489 e. The van der Waals surface area contributed by atoms with Gasteiger partial charge in [-0.1, -0.05) is 30.8 Å². The first-order valence-corrected chi connectivity index (χ1v) is 10.6. The van der Waals surface area contributed by atoms with Crippen molar-refractivity contribution in [3.63, 3.8) is 0 Å². The van der Waals surface area contributed by atoms with Gasteiger partial charge in [-0.25, -0.2) is 0 Å². The number of hydrogen-bond donors (Lipinski definition) is 0. The highest BCUT2D eigenvalue weighted by atomic mass is 16.5. The van der Waals surface area contributed by atoms with Crippen molar-refractivity contribution in [1.82, 2.24) is 4.98 Å². The number of carbonyl (C=O) groups is 2. The number of ketones is 1. The van der Waals surface area contributed by atoms with Crippen LogP contribution in [0.4, 0.5) is 0 Å². The smallest absolute Gasteiger partial charge is 0.312 e. The monoisotopic (exact) mass is 439 g/mol.